The van der Waals surface area contributed by atoms with Crippen molar-refractivity contribution in [1.82, 2.24) is 0 Å². The molecule has 0 radical (unpaired) electrons. The normalized spacial score (nSPS) is 16.2. The van der Waals surface area contributed by atoms with Gasteiger partial charge in [0, 0.05) is 11.1 Å². The highest BCUT2D eigenvalue weighted by Crippen LogP contribution is 2.40. The van der Waals surface area contributed by atoms with Crippen molar-refractivity contribution in [3.05, 3.63) is 106 Å². The SMILES string of the molecule is Cc1cc(OC2=C3C=CC(=O)C(Oc4cc(C(F)(F)F)cc(C(F)(F)F)c4)=C3C=CC2=O)cc(C(F)(F)F)c1. The third kappa shape index (κ3) is 5.91. The lowest BCUT2D eigenvalue weighted by molar-refractivity contribution is -0.143. The molecule has 0 spiro atoms. The predicted octanol–water partition coefficient (Wildman–Crippen LogP) is 7.30. The molecule has 0 aliphatic heterocycles. The number of hydrogen-bond acceptors (Lipinski definition) is 4. The lowest BCUT2D eigenvalue weighted by Gasteiger charge is -2.22. The van der Waals surface area contributed by atoms with Gasteiger partial charge in [-0.1, -0.05) is 0 Å². The van der Waals surface area contributed by atoms with Gasteiger partial charge in [-0.25, -0.2) is 0 Å². The first kappa shape index (κ1) is 27.7. The molecule has 2 aromatic rings. The molecule has 0 N–H and O–H groups in total. The second-order valence-corrected chi connectivity index (χ2v) is 8.36. The van der Waals surface area contributed by atoms with Gasteiger partial charge < -0.3 is 9.47 Å². The van der Waals surface area contributed by atoms with Crippen molar-refractivity contribution < 1.29 is 58.6 Å². The van der Waals surface area contributed by atoms with Gasteiger partial charge in [0.05, 0.1) is 16.7 Å². The highest BCUT2D eigenvalue weighted by atomic mass is 19.4. The number of ether oxygens (including phenoxy) is 2. The highest BCUT2D eigenvalue weighted by Gasteiger charge is 2.38. The Kier molecular flexibility index (Phi) is 6.74. The average Bonchev–Trinajstić information content (AvgIpc) is 2.80. The molecule has 4 nitrogen and oxygen atoms in total. The van der Waals surface area contributed by atoms with E-state index < -0.39 is 64.1 Å². The van der Waals surface area contributed by atoms with Crippen LogP contribution in [0.5, 0.6) is 11.5 Å². The van der Waals surface area contributed by atoms with Crippen LogP contribution < -0.4 is 9.47 Å². The van der Waals surface area contributed by atoms with Gasteiger partial charge in [0.25, 0.3) is 0 Å². The fourth-order valence-electron chi connectivity index (χ4n) is 3.71. The zero-order valence-electron chi connectivity index (χ0n) is 19.3. The maximum absolute atomic E-state index is 13.2. The van der Waals surface area contributed by atoms with E-state index in [1.807, 2.05) is 0 Å². The highest BCUT2D eigenvalue weighted by molar-refractivity contribution is 6.11. The molecule has 0 bridgehead atoms. The first-order chi connectivity index (χ1) is 17.9. The third-order valence-electron chi connectivity index (χ3n) is 5.41. The molecule has 13 heteroatoms. The minimum absolute atomic E-state index is 0.124. The van der Waals surface area contributed by atoms with Crippen molar-refractivity contribution in [2.45, 2.75) is 25.5 Å². The second-order valence-electron chi connectivity index (χ2n) is 8.36. The molecule has 4 rings (SSSR count). The number of carbonyl (C=O) groups excluding carboxylic acids is 2. The maximum Gasteiger partial charge on any atom is 0.416 e. The van der Waals surface area contributed by atoms with E-state index in [2.05, 4.69) is 0 Å². The standard InChI is InChI=1S/C26H13F9O4/c1-12-6-13(24(27,28)29)9-16(7-12)38-22-18-2-5-21(37)23(19(18)3-4-20(22)36)39-17-10-14(25(30,31)32)8-15(11-17)26(33,34)35/h2-11H,1H3. The van der Waals surface area contributed by atoms with Gasteiger partial charge in [0.2, 0.25) is 11.6 Å². The van der Waals surface area contributed by atoms with Crippen LogP contribution in [0.4, 0.5) is 39.5 Å². The van der Waals surface area contributed by atoms with Crippen molar-refractivity contribution >= 4 is 11.6 Å². The van der Waals surface area contributed by atoms with E-state index in [9.17, 15) is 49.1 Å². The molecule has 2 aliphatic carbocycles. The summed E-state index contributed by atoms with van der Waals surface area (Å²) in [6, 6.07) is 3.07. The van der Waals surface area contributed by atoms with Crippen LogP contribution in [0, 0.1) is 6.92 Å². The van der Waals surface area contributed by atoms with Crippen molar-refractivity contribution in [2.75, 3.05) is 0 Å². The van der Waals surface area contributed by atoms with Crippen LogP contribution in [-0.2, 0) is 28.1 Å². The number of rotatable bonds is 4. The Morgan fingerprint density at radius 3 is 1.26 bits per heavy atom. The summed E-state index contributed by atoms with van der Waals surface area (Å²) in [5.41, 5.74) is -4.73. The van der Waals surface area contributed by atoms with E-state index in [0.29, 0.717) is 6.07 Å². The van der Waals surface area contributed by atoms with Crippen LogP contribution in [-0.4, -0.2) is 11.6 Å². The molecule has 0 unspecified atom stereocenters. The molecule has 204 valence electrons. The smallest absolute Gasteiger partial charge is 0.416 e. The second kappa shape index (κ2) is 9.47. The van der Waals surface area contributed by atoms with Crippen LogP contribution in [0.25, 0.3) is 0 Å². The fourth-order valence-corrected chi connectivity index (χ4v) is 3.71. The first-order valence-electron chi connectivity index (χ1n) is 10.7. The molecular formula is C26H13F9O4. The summed E-state index contributed by atoms with van der Waals surface area (Å²) in [6.45, 7) is 1.35. The number of hydrogen-bond donors (Lipinski definition) is 0. The Morgan fingerprint density at radius 1 is 0.513 bits per heavy atom. The summed E-state index contributed by atoms with van der Waals surface area (Å²) in [6.07, 6.45) is -11.3. The summed E-state index contributed by atoms with van der Waals surface area (Å²) in [5, 5.41) is 0. The van der Waals surface area contributed by atoms with Crippen molar-refractivity contribution in [3.63, 3.8) is 0 Å². The van der Waals surface area contributed by atoms with Gasteiger partial charge in [-0.05, 0) is 73.2 Å². The summed E-state index contributed by atoms with van der Waals surface area (Å²) < 4.78 is 130. The quantitative estimate of drug-likeness (QED) is 0.369. The monoisotopic (exact) mass is 560 g/mol. The molecule has 0 saturated heterocycles. The van der Waals surface area contributed by atoms with Crippen LogP contribution in [0.2, 0.25) is 0 Å². The number of carbonyl (C=O) groups is 2. The topological polar surface area (TPSA) is 52.6 Å². The Bertz CT molecular complexity index is 1470. The summed E-state index contributed by atoms with van der Waals surface area (Å²) in [7, 11) is 0. The molecular weight excluding hydrogens is 547 g/mol. The van der Waals surface area contributed by atoms with Gasteiger partial charge >= 0.3 is 18.5 Å². The van der Waals surface area contributed by atoms with Gasteiger partial charge in [0.1, 0.15) is 11.5 Å². The number of alkyl halides is 9. The first-order valence-corrected chi connectivity index (χ1v) is 10.7. The molecule has 0 fully saturated rings. The van der Waals surface area contributed by atoms with Crippen LogP contribution in [0.15, 0.2) is 83.4 Å². The molecule has 0 saturated carbocycles. The zero-order chi connectivity index (χ0) is 28.9. The summed E-state index contributed by atoms with van der Waals surface area (Å²) >= 11 is 0. The molecule has 0 amide bonds. The lowest BCUT2D eigenvalue weighted by atomic mass is 9.91. The number of aryl methyl sites for hydroxylation is 1. The molecule has 0 aromatic heterocycles. The predicted molar refractivity (Wildman–Crippen MR) is 116 cm³/mol. The van der Waals surface area contributed by atoms with Gasteiger partial charge in [-0.15, -0.1) is 0 Å². The van der Waals surface area contributed by atoms with E-state index in [-0.39, 0.29) is 40.7 Å². The third-order valence-corrected chi connectivity index (χ3v) is 5.41. The van der Waals surface area contributed by atoms with Gasteiger partial charge in [-0.2, -0.15) is 39.5 Å². The Hall–Kier alpha value is -4.29. The molecule has 0 heterocycles. The van der Waals surface area contributed by atoms with E-state index >= 15 is 0 Å². The van der Waals surface area contributed by atoms with Gasteiger partial charge in [0.15, 0.2) is 11.5 Å². The van der Waals surface area contributed by atoms with Crippen molar-refractivity contribution in [1.29, 1.82) is 0 Å². The number of fused-ring (bicyclic) bond motifs is 1. The number of ketones is 2. The van der Waals surface area contributed by atoms with Crippen LogP contribution >= 0.6 is 0 Å². The van der Waals surface area contributed by atoms with Crippen molar-refractivity contribution in [2.24, 2.45) is 0 Å². The number of benzene rings is 2. The number of halogens is 9. The van der Waals surface area contributed by atoms with Crippen molar-refractivity contribution in [3.8, 4) is 11.5 Å². The summed E-state index contributed by atoms with van der Waals surface area (Å²) in [4.78, 5) is 25.1. The molecule has 39 heavy (non-hydrogen) atoms. The van der Waals surface area contributed by atoms with Crippen LogP contribution in [0.1, 0.15) is 22.3 Å². The summed E-state index contributed by atoms with van der Waals surface area (Å²) in [5.74, 6) is -4.42. The largest absolute Gasteiger partial charge is 0.453 e. The van der Waals surface area contributed by atoms with Crippen LogP contribution in [0.3, 0.4) is 0 Å². The zero-order valence-corrected chi connectivity index (χ0v) is 19.3. The Labute approximate surface area is 213 Å². The molecule has 0 atom stereocenters. The van der Waals surface area contributed by atoms with E-state index in [4.69, 9.17) is 9.47 Å². The average molecular weight is 560 g/mol. The minimum atomic E-state index is -5.18. The number of allylic oxidation sites excluding steroid dienone is 6. The van der Waals surface area contributed by atoms with E-state index in [1.165, 1.54) is 13.0 Å². The van der Waals surface area contributed by atoms with E-state index in [1.54, 1.807) is 0 Å². The minimum Gasteiger partial charge on any atom is -0.453 e. The Morgan fingerprint density at radius 2 is 0.872 bits per heavy atom. The lowest BCUT2D eigenvalue weighted by Crippen LogP contribution is -2.21. The fraction of sp³-hybridized carbons (Fsp3) is 0.154. The molecule has 2 aromatic carbocycles. The van der Waals surface area contributed by atoms with E-state index in [0.717, 1.165) is 30.4 Å². The van der Waals surface area contributed by atoms with Gasteiger partial charge in [-0.3, -0.25) is 9.59 Å². The maximum atomic E-state index is 13.2. The molecule has 2 aliphatic rings. The Balaban J connectivity index is 1.80.